The predicted molar refractivity (Wildman–Crippen MR) is 86.9 cm³/mol. The van der Waals surface area contributed by atoms with Gasteiger partial charge in [-0.3, -0.25) is 0 Å². The van der Waals surface area contributed by atoms with Gasteiger partial charge in [0.2, 0.25) is 0 Å². The van der Waals surface area contributed by atoms with Crippen LogP contribution in [-0.4, -0.2) is 0 Å². The molecule has 0 atom stereocenters. The lowest BCUT2D eigenvalue weighted by Gasteiger charge is -2.16. The van der Waals surface area contributed by atoms with E-state index in [0.717, 1.165) is 0 Å². The molecule has 0 saturated heterocycles. The van der Waals surface area contributed by atoms with E-state index in [1.54, 1.807) is 0 Å². The molecular weight excluding hydrogens is 407 g/mol. The molecule has 0 spiro atoms. The van der Waals surface area contributed by atoms with Crippen LogP contribution in [0.2, 0.25) is 30.1 Å². The average molecular weight is 411 g/mol. The van der Waals surface area contributed by atoms with Crippen LogP contribution in [0.4, 0.5) is 8.78 Å². The Hall–Kier alpha value is 0.0400. The molecule has 0 unspecified atom stereocenters. The Bertz CT molecular complexity index is 685. The normalized spacial score (nSPS) is 11.3. The van der Waals surface area contributed by atoms with Gasteiger partial charge in [-0.15, -0.1) is 0 Å². The van der Waals surface area contributed by atoms with Crippen molar-refractivity contribution in [2.24, 2.45) is 0 Å². The Balaban J connectivity index is 2.88. The maximum Gasteiger partial charge on any atom is 0.264 e. The van der Waals surface area contributed by atoms with Crippen LogP contribution in [0.15, 0.2) is 18.2 Å². The van der Waals surface area contributed by atoms with E-state index in [9.17, 15) is 8.78 Å². The van der Waals surface area contributed by atoms with E-state index >= 15 is 0 Å². The average Bonchev–Trinajstić information content (AvgIpc) is 2.43. The van der Waals surface area contributed by atoms with Gasteiger partial charge < -0.3 is 0 Å². The first-order valence-corrected chi connectivity index (χ1v) is 7.61. The van der Waals surface area contributed by atoms with E-state index in [1.807, 2.05) is 0 Å². The number of hydrogen-bond donors (Lipinski definition) is 0. The zero-order chi connectivity index (χ0) is 15.9. The van der Waals surface area contributed by atoms with Gasteiger partial charge in [0.05, 0.1) is 25.1 Å². The molecule has 8 heteroatoms. The third-order valence-corrected chi connectivity index (χ3v) is 5.24. The molecule has 0 amide bonds. The number of alkyl halides is 2. The molecule has 0 aliphatic heterocycles. The number of benzene rings is 2. The molecule has 0 bridgehead atoms. The maximum atomic E-state index is 13.2. The lowest BCUT2D eigenvalue weighted by Crippen LogP contribution is -1.94. The Kier molecular flexibility index (Phi) is 5.51. The first-order valence-electron chi connectivity index (χ1n) is 5.35. The summed E-state index contributed by atoms with van der Waals surface area (Å²) in [5, 5.41) is -0.0762. The quantitative estimate of drug-likeness (QED) is 0.345. The second kappa shape index (κ2) is 6.66. The molecule has 2 aromatic carbocycles. The number of halogens is 8. The zero-order valence-electron chi connectivity index (χ0n) is 9.83. The highest BCUT2D eigenvalue weighted by Gasteiger charge is 2.24. The lowest BCUT2D eigenvalue weighted by molar-refractivity contribution is 0.152. The summed E-state index contributed by atoms with van der Waals surface area (Å²) < 4.78 is 26.3. The summed E-state index contributed by atoms with van der Waals surface area (Å²) >= 11 is 35.8. The second-order valence-corrected chi connectivity index (χ2v) is 6.30. The van der Waals surface area contributed by atoms with E-state index in [-0.39, 0.29) is 46.8 Å². The van der Waals surface area contributed by atoms with Gasteiger partial charge in [-0.25, -0.2) is 8.78 Å². The molecule has 0 saturated carbocycles. The molecule has 0 aliphatic rings. The summed E-state index contributed by atoms with van der Waals surface area (Å²) in [5.41, 5.74) is -0.179. The van der Waals surface area contributed by atoms with E-state index < -0.39 is 6.43 Å². The minimum absolute atomic E-state index is 0.0438. The highest BCUT2D eigenvalue weighted by atomic mass is 35.5. The lowest BCUT2D eigenvalue weighted by atomic mass is 9.99. The van der Waals surface area contributed by atoms with Crippen molar-refractivity contribution in [2.45, 2.75) is 6.43 Å². The summed E-state index contributed by atoms with van der Waals surface area (Å²) in [6.45, 7) is 0. The monoisotopic (exact) mass is 408 g/mol. The van der Waals surface area contributed by atoms with E-state index in [2.05, 4.69) is 0 Å². The third kappa shape index (κ3) is 3.21. The Morgan fingerprint density at radius 2 is 1.19 bits per heavy atom. The van der Waals surface area contributed by atoms with E-state index in [4.69, 9.17) is 69.6 Å². The van der Waals surface area contributed by atoms with Gasteiger partial charge in [0.15, 0.2) is 0 Å². The molecule has 2 rings (SSSR count). The summed E-state index contributed by atoms with van der Waals surface area (Å²) in [6.07, 6.45) is -2.75. The first kappa shape index (κ1) is 17.4. The maximum absolute atomic E-state index is 13.2. The van der Waals surface area contributed by atoms with Gasteiger partial charge >= 0.3 is 0 Å². The van der Waals surface area contributed by atoms with E-state index in [0.29, 0.717) is 0 Å². The van der Waals surface area contributed by atoms with Crippen molar-refractivity contribution < 1.29 is 8.78 Å². The Morgan fingerprint density at radius 1 is 0.714 bits per heavy atom. The van der Waals surface area contributed by atoms with Crippen LogP contribution in [0.5, 0.6) is 0 Å². The highest BCUT2D eigenvalue weighted by Crippen LogP contribution is 2.50. The molecule has 0 radical (unpaired) electrons. The summed E-state index contributed by atoms with van der Waals surface area (Å²) in [4.78, 5) is 0. The van der Waals surface area contributed by atoms with Crippen LogP contribution in [0.3, 0.4) is 0 Å². The minimum Gasteiger partial charge on any atom is -0.205 e. The molecule has 2 aromatic rings. The summed E-state index contributed by atoms with van der Waals surface area (Å²) in [6, 6.07) is 3.84. The van der Waals surface area contributed by atoms with Crippen LogP contribution in [0.1, 0.15) is 12.0 Å². The molecule has 0 aliphatic carbocycles. The molecule has 0 N–H and O–H groups in total. The molecule has 0 heterocycles. The molecular formula is C13H4Cl6F2. The SMILES string of the molecule is FC(F)c1ccc(Cl)cc1-c1c(Cl)c(Cl)c(Cl)c(Cl)c1Cl. The van der Waals surface area contributed by atoms with Crippen molar-refractivity contribution in [2.75, 3.05) is 0 Å². The van der Waals surface area contributed by atoms with Gasteiger partial charge in [-0.1, -0.05) is 75.7 Å². The van der Waals surface area contributed by atoms with Crippen LogP contribution in [0, 0.1) is 0 Å². The molecule has 21 heavy (non-hydrogen) atoms. The fourth-order valence-electron chi connectivity index (χ4n) is 1.78. The van der Waals surface area contributed by atoms with Gasteiger partial charge in [0.25, 0.3) is 6.43 Å². The third-order valence-electron chi connectivity index (χ3n) is 2.73. The number of rotatable bonds is 2. The predicted octanol–water partition coefficient (Wildman–Crippen LogP) is 8.21. The minimum atomic E-state index is -2.75. The Labute approximate surface area is 149 Å². The molecule has 0 aromatic heterocycles. The summed E-state index contributed by atoms with van der Waals surface area (Å²) in [5.74, 6) is 0. The first-order chi connectivity index (χ1) is 9.75. The van der Waals surface area contributed by atoms with Gasteiger partial charge in [0.1, 0.15) is 0 Å². The largest absolute Gasteiger partial charge is 0.264 e. The van der Waals surface area contributed by atoms with Crippen molar-refractivity contribution in [3.63, 3.8) is 0 Å². The molecule has 0 nitrogen and oxygen atoms in total. The van der Waals surface area contributed by atoms with Crippen molar-refractivity contribution in [1.82, 2.24) is 0 Å². The molecule has 112 valence electrons. The van der Waals surface area contributed by atoms with Gasteiger partial charge in [-0.2, -0.15) is 0 Å². The Morgan fingerprint density at radius 3 is 1.67 bits per heavy atom. The van der Waals surface area contributed by atoms with E-state index in [1.165, 1.54) is 18.2 Å². The van der Waals surface area contributed by atoms with Crippen molar-refractivity contribution in [3.05, 3.63) is 53.9 Å². The van der Waals surface area contributed by atoms with Crippen LogP contribution >= 0.6 is 69.6 Å². The smallest absolute Gasteiger partial charge is 0.205 e. The number of hydrogen-bond acceptors (Lipinski definition) is 0. The van der Waals surface area contributed by atoms with Crippen molar-refractivity contribution in [1.29, 1.82) is 0 Å². The van der Waals surface area contributed by atoms with Crippen LogP contribution < -0.4 is 0 Å². The standard InChI is InChI=1S/C13H4Cl6F2/c14-4-1-2-5(13(20)21)6(3-4)7-8(15)10(17)12(19)11(18)9(7)16/h1-3,13H. The van der Waals surface area contributed by atoms with Crippen LogP contribution in [0.25, 0.3) is 11.1 Å². The van der Waals surface area contributed by atoms with Gasteiger partial charge in [-0.05, 0) is 17.7 Å². The van der Waals surface area contributed by atoms with Crippen LogP contribution in [-0.2, 0) is 0 Å². The highest BCUT2D eigenvalue weighted by molar-refractivity contribution is 6.56. The fraction of sp³-hybridized carbons (Fsp3) is 0.0769. The zero-order valence-corrected chi connectivity index (χ0v) is 14.4. The van der Waals surface area contributed by atoms with Crippen molar-refractivity contribution >= 4 is 69.6 Å². The van der Waals surface area contributed by atoms with Crippen molar-refractivity contribution in [3.8, 4) is 11.1 Å². The topological polar surface area (TPSA) is 0 Å². The van der Waals surface area contributed by atoms with Gasteiger partial charge in [0, 0.05) is 16.1 Å². The summed E-state index contributed by atoms with van der Waals surface area (Å²) in [7, 11) is 0. The fourth-order valence-corrected chi connectivity index (χ4v) is 3.29. The molecule has 0 fully saturated rings. The second-order valence-electron chi connectivity index (χ2n) is 3.98.